The SMILES string of the molecule is CC(CCO)SCC#N. The van der Waals surface area contributed by atoms with Gasteiger partial charge in [0.2, 0.25) is 0 Å². The molecular formula is C6H11NOS. The van der Waals surface area contributed by atoms with E-state index in [4.69, 9.17) is 10.4 Å². The van der Waals surface area contributed by atoms with Crippen molar-refractivity contribution in [2.24, 2.45) is 0 Å². The van der Waals surface area contributed by atoms with E-state index in [0.29, 0.717) is 11.0 Å². The third kappa shape index (κ3) is 5.67. The molecule has 0 aliphatic carbocycles. The third-order valence-corrected chi connectivity index (χ3v) is 2.07. The molecule has 52 valence electrons. The number of rotatable bonds is 4. The Hall–Kier alpha value is -0.200. The van der Waals surface area contributed by atoms with Crippen LogP contribution in [0.2, 0.25) is 0 Å². The fourth-order valence-electron chi connectivity index (χ4n) is 0.445. The van der Waals surface area contributed by atoms with Crippen LogP contribution in [0.4, 0.5) is 0 Å². The Labute approximate surface area is 59.9 Å². The summed E-state index contributed by atoms with van der Waals surface area (Å²) in [5, 5.41) is 17.0. The monoisotopic (exact) mass is 145 g/mol. The van der Waals surface area contributed by atoms with Gasteiger partial charge in [0.05, 0.1) is 11.8 Å². The van der Waals surface area contributed by atoms with Crippen LogP contribution >= 0.6 is 11.8 Å². The van der Waals surface area contributed by atoms with Crippen LogP contribution in [0.15, 0.2) is 0 Å². The molecule has 0 radical (unpaired) electrons. The van der Waals surface area contributed by atoms with Crippen LogP contribution in [0.5, 0.6) is 0 Å². The Bertz CT molecular complexity index is 99.7. The van der Waals surface area contributed by atoms with E-state index in [-0.39, 0.29) is 6.61 Å². The van der Waals surface area contributed by atoms with Gasteiger partial charge in [-0.3, -0.25) is 0 Å². The predicted molar refractivity (Wildman–Crippen MR) is 39.2 cm³/mol. The van der Waals surface area contributed by atoms with Crippen LogP contribution in [-0.4, -0.2) is 22.7 Å². The Morgan fingerprint density at radius 1 is 1.78 bits per heavy atom. The fourth-order valence-corrected chi connectivity index (χ4v) is 1.08. The second kappa shape index (κ2) is 5.93. The Morgan fingerprint density at radius 2 is 2.44 bits per heavy atom. The number of nitriles is 1. The topological polar surface area (TPSA) is 44.0 Å². The first kappa shape index (κ1) is 8.80. The fraction of sp³-hybridized carbons (Fsp3) is 0.833. The van der Waals surface area contributed by atoms with Crippen LogP contribution in [0.3, 0.4) is 0 Å². The highest BCUT2D eigenvalue weighted by Gasteiger charge is 1.98. The van der Waals surface area contributed by atoms with E-state index < -0.39 is 0 Å². The van der Waals surface area contributed by atoms with Gasteiger partial charge >= 0.3 is 0 Å². The molecular weight excluding hydrogens is 134 g/mol. The highest BCUT2D eigenvalue weighted by atomic mass is 32.2. The summed E-state index contributed by atoms with van der Waals surface area (Å²) in [6, 6.07) is 2.04. The minimum atomic E-state index is 0.222. The standard InChI is InChI=1S/C6H11NOS/c1-6(2-4-8)9-5-3-7/h6,8H,2,4-5H2,1H3. The van der Waals surface area contributed by atoms with Gasteiger partial charge < -0.3 is 5.11 Å². The molecule has 0 fully saturated rings. The van der Waals surface area contributed by atoms with E-state index in [0.717, 1.165) is 6.42 Å². The van der Waals surface area contributed by atoms with Gasteiger partial charge in [-0.2, -0.15) is 5.26 Å². The smallest absolute Gasteiger partial charge is 0.0810 e. The first-order valence-corrected chi connectivity index (χ1v) is 3.95. The van der Waals surface area contributed by atoms with Crippen molar-refractivity contribution in [2.45, 2.75) is 18.6 Å². The van der Waals surface area contributed by atoms with Crippen molar-refractivity contribution in [1.29, 1.82) is 5.26 Å². The molecule has 1 N–H and O–H groups in total. The lowest BCUT2D eigenvalue weighted by atomic mass is 10.3. The molecule has 9 heavy (non-hydrogen) atoms. The molecule has 0 saturated carbocycles. The zero-order valence-corrected chi connectivity index (χ0v) is 6.32. The lowest BCUT2D eigenvalue weighted by molar-refractivity contribution is 0.289. The van der Waals surface area contributed by atoms with Gasteiger partial charge in [0.15, 0.2) is 0 Å². The quantitative estimate of drug-likeness (QED) is 0.642. The Kier molecular flexibility index (Phi) is 5.80. The van der Waals surface area contributed by atoms with Gasteiger partial charge in [-0.1, -0.05) is 6.92 Å². The normalized spacial score (nSPS) is 12.6. The summed E-state index contributed by atoms with van der Waals surface area (Å²) in [7, 11) is 0. The molecule has 0 aliphatic rings. The summed E-state index contributed by atoms with van der Waals surface area (Å²) in [4.78, 5) is 0. The third-order valence-electron chi connectivity index (χ3n) is 0.968. The molecule has 0 saturated heterocycles. The van der Waals surface area contributed by atoms with Crippen molar-refractivity contribution in [3.05, 3.63) is 0 Å². The van der Waals surface area contributed by atoms with Crippen molar-refractivity contribution in [1.82, 2.24) is 0 Å². The summed E-state index contributed by atoms with van der Waals surface area (Å²) < 4.78 is 0. The highest BCUT2D eigenvalue weighted by molar-refractivity contribution is 8.00. The van der Waals surface area contributed by atoms with Crippen molar-refractivity contribution < 1.29 is 5.11 Å². The van der Waals surface area contributed by atoms with Crippen LogP contribution in [0, 0.1) is 11.3 Å². The molecule has 2 nitrogen and oxygen atoms in total. The van der Waals surface area contributed by atoms with Crippen LogP contribution in [0.25, 0.3) is 0 Å². The molecule has 1 unspecified atom stereocenters. The second-order valence-electron chi connectivity index (χ2n) is 1.79. The minimum absolute atomic E-state index is 0.222. The predicted octanol–water partition coefficient (Wildman–Crippen LogP) is 1.01. The van der Waals surface area contributed by atoms with Gasteiger partial charge in [-0.25, -0.2) is 0 Å². The molecule has 0 rings (SSSR count). The van der Waals surface area contributed by atoms with E-state index in [1.807, 2.05) is 13.0 Å². The molecule has 0 amide bonds. The van der Waals surface area contributed by atoms with Gasteiger partial charge in [0, 0.05) is 11.9 Å². The summed E-state index contributed by atoms with van der Waals surface area (Å²) in [6.45, 7) is 2.23. The molecule has 0 aromatic carbocycles. The molecule has 3 heteroatoms. The Morgan fingerprint density at radius 3 is 2.89 bits per heavy atom. The molecule has 0 aromatic rings. The summed E-state index contributed by atoms with van der Waals surface area (Å²) >= 11 is 1.58. The van der Waals surface area contributed by atoms with Gasteiger partial charge in [0.25, 0.3) is 0 Å². The highest BCUT2D eigenvalue weighted by Crippen LogP contribution is 2.11. The maximum Gasteiger partial charge on any atom is 0.0810 e. The summed E-state index contributed by atoms with van der Waals surface area (Å²) in [6.07, 6.45) is 0.784. The molecule has 0 bridgehead atoms. The molecule has 0 heterocycles. The zero-order chi connectivity index (χ0) is 7.11. The van der Waals surface area contributed by atoms with E-state index in [2.05, 4.69) is 0 Å². The maximum atomic E-state index is 8.44. The number of thioether (sulfide) groups is 1. The number of hydrogen-bond donors (Lipinski definition) is 1. The van der Waals surface area contributed by atoms with Crippen molar-refractivity contribution >= 4 is 11.8 Å². The lowest BCUT2D eigenvalue weighted by Crippen LogP contribution is -1.99. The molecule has 0 aromatic heterocycles. The first-order valence-electron chi connectivity index (χ1n) is 2.90. The number of aliphatic hydroxyl groups excluding tert-OH is 1. The van der Waals surface area contributed by atoms with Gasteiger partial charge in [-0.05, 0) is 6.42 Å². The Balaban J connectivity index is 3.07. The van der Waals surface area contributed by atoms with Crippen LogP contribution in [0.1, 0.15) is 13.3 Å². The number of nitrogens with zero attached hydrogens (tertiary/aromatic N) is 1. The maximum absolute atomic E-state index is 8.44. The average Bonchev–Trinajstić information content (AvgIpc) is 1.85. The largest absolute Gasteiger partial charge is 0.396 e. The van der Waals surface area contributed by atoms with E-state index in [1.165, 1.54) is 0 Å². The summed E-state index contributed by atoms with van der Waals surface area (Å²) in [5.74, 6) is 0.529. The average molecular weight is 145 g/mol. The van der Waals surface area contributed by atoms with Gasteiger partial charge in [0.1, 0.15) is 0 Å². The van der Waals surface area contributed by atoms with Crippen LogP contribution in [-0.2, 0) is 0 Å². The van der Waals surface area contributed by atoms with E-state index in [9.17, 15) is 0 Å². The minimum Gasteiger partial charge on any atom is -0.396 e. The first-order chi connectivity index (χ1) is 4.31. The number of aliphatic hydroxyl groups is 1. The lowest BCUT2D eigenvalue weighted by Gasteiger charge is -2.03. The molecule has 1 atom stereocenters. The van der Waals surface area contributed by atoms with E-state index in [1.54, 1.807) is 11.8 Å². The second-order valence-corrected chi connectivity index (χ2v) is 3.22. The van der Waals surface area contributed by atoms with Crippen LogP contribution < -0.4 is 0 Å². The van der Waals surface area contributed by atoms with Gasteiger partial charge in [-0.15, -0.1) is 11.8 Å². The van der Waals surface area contributed by atoms with Crippen molar-refractivity contribution in [3.8, 4) is 6.07 Å². The molecule has 0 aliphatic heterocycles. The zero-order valence-electron chi connectivity index (χ0n) is 5.50. The summed E-state index contributed by atoms with van der Waals surface area (Å²) in [5.41, 5.74) is 0. The van der Waals surface area contributed by atoms with Crippen molar-refractivity contribution in [3.63, 3.8) is 0 Å². The molecule has 0 spiro atoms. The van der Waals surface area contributed by atoms with E-state index >= 15 is 0 Å². The van der Waals surface area contributed by atoms with Crippen molar-refractivity contribution in [2.75, 3.05) is 12.4 Å². The number of hydrogen-bond acceptors (Lipinski definition) is 3.